The first kappa shape index (κ1) is 29.8. The van der Waals surface area contributed by atoms with E-state index in [1.54, 1.807) is 5.01 Å². The van der Waals surface area contributed by atoms with Crippen LogP contribution in [0.25, 0.3) is 11.1 Å². The van der Waals surface area contributed by atoms with Crippen molar-refractivity contribution in [1.29, 1.82) is 0 Å². The average molecular weight is 557 g/mol. The molecule has 1 radical (unpaired) electrons. The Bertz CT molecular complexity index is 1280. The number of nitrogens with one attached hydrogen (secondary N) is 2. The molecule has 0 aliphatic carbocycles. The smallest absolute Gasteiger partial charge is 0.429 e. The van der Waals surface area contributed by atoms with Crippen molar-refractivity contribution in [3.8, 4) is 11.1 Å². The van der Waals surface area contributed by atoms with Crippen LogP contribution in [0.3, 0.4) is 0 Å². The molecule has 4 N–H and O–H groups in total. The Kier molecular flexibility index (Phi) is 11.3. The maximum atomic E-state index is 13.4. The van der Waals surface area contributed by atoms with Crippen LogP contribution in [0.2, 0.25) is 0 Å². The van der Waals surface area contributed by atoms with Gasteiger partial charge >= 0.3 is 6.09 Å². The average Bonchev–Trinajstić information content (AvgIpc) is 3.00. The molecule has 215 valence electrons. The van der Waals surface area contributed by atoms with Gasteiger partial charge in [0.1, 0.15) is 6.61 Å². The van der Waals surface area contributed by atoms with E-state index in [0.717, 1.165) is 53.9 Å². The van der Waals surface area contributed by atoms with Gasteiger partial charge < -0.3 is 21.1 Å². The molecule has 3 amide bonds. The Balaban J connectivity index is 1.27. The fourth-order valence-corrected chi connectivity index (χ4v) is 4.71. The molecule has 3 aromatic carbocycles. The number of benzene rings is 3. The first-order chi connectivity index (χ1) is 20.0. The molecule has 0 unspecified atom stereocenters. The lowest BCUT2D eigenvalue weighted by atomic mass is 10.0. The van der Waals surface area contributed by atoms with E-state index in [4.69, 9.17) is 10.5 Å². The van der Waals surface area contributed by atoms with Crippen LogP contribution in [-0.4, -0.2) is 55.7 Å². The van der Waals surface area contributed by atoms with E-state index in [2.05, 4.69) is 17.1 Å². The van der Waals surface area contributed by atoms with E-state index in [9.17, 15) is 14.4 Å². The van der Waals surface area contributed by atoms with Crippen molar-refractivity contribution in [1.82, 2.24) is 15.6 Å². The Morgan fingerprint density at radius 3 is 2.29 bits per heavy atom. The summed E-state index contributed by atoms with van der Waals surface area (Å²) in [6, 6.07) is 25.7. The lowest BCUT2D eigenvalue weighted by Crippen LogP contribution is -2.50. The van der Waals surface area contributed by atoms with Gasteiger partial charge in [0.15, 0.2) is 0 Å². The molecule has 1 aliphatic heterocycles. The summed E-state index contributed by atoms with van der Waals surface area (Å²) in [5.41, 5.74) is 9.94. The van der Waals surface area contributed by atoms with Crippen LogP contribution in [0.15, 0.2) is 78.9 Å². The minimum Gasteiger partial charge on any atom is -0.446 e. The number of carbonyl (C=O) groups excluding carboxylic acids is 3. The molecule has 0 bridgehead atoms. The van der Waals surface area contributed by atoms with Crippen molar-refractivity contribution in [3.05, 3.63) is 96.4 Å². The third-order valence-electron chi connectivity index (χ3n) is 6.80. The van der Waals surface area contributed by atoms with Crippen LogP contribution in [-0.2, 0) is 27.3 Å². The second kappa shape index (κ2) is 15.5. The van der Waals surface area contributed by atoms with Gasteiger partial charge in [0.25, 0.3) is 0 Å². The highest BCUT2D eigenvalue weighted by molar-refractivity contribution is 5.93. The molecular formula is C32H38N5O4. The molecular weight excluding hydrogens is 518 g/mol. The number of amides is 3. The first-order valence-electron chi connectivity index (χ1n) is 14.0. The van der Waals surface area contributed by atoms with Crippen LogP contribution >= 0.6 is 0 Å². The molecule has 9 heteroatoms. The molecule has 0 saturated carbocycles. The second-order valence-electron chi connectivity index (χ2n) is 9.87. The van der Waals surface area contributed by atoms with Crippen molar-refractivity contribution < 1.29 is 19.1 Å². The van der Waals surface area contributed by atoms with E-state index in [1.165, 1.54) is 0 Å². The lowest BCUT2D eigenvalue weighted by Gasteiger charge is -2.37. The number of hydrogen-bond acceptors (Lipinski definition) is 6. The van der Waals surface area contributed by atoms with Gasteiger partial charge in [0, 0.05) is 31.6 Å². The van der Waals surface area contributed by atoms with E-state index in [-0.39, 0.29) is 25.6 Å². The predicted molar refractivity (Wildman–Crippen MR) is 159 cm³/mol. The summed E-state index contributed by atoms with van der Waals surface area (Å²) < 4.78 is 5.66. The normalized spacial score (nSPS) is 13.4. The zero-order valence-corrected chi connectivity index (χ0v) is 23.3. The number of hydrogen-bond donors (Lipinski definition) is 3. The number of ether oxygens (including phenoxy) is 1. The number of anilines is 1. The Hall–Kier alpha value is -4.21. The van der Waals surface area contributed by atoms with Crippen LogP contribution in [0.5, 0.6) is 0 Å². The Morgan fingerprint density at radius 2 is 1.56 bits per heavy atom. The summed E-state index contributed by atoms with van der Waals surface area (Å²) in [4.78, 5) is 36.7. The third kappa shape index (κ3) is 9.16. The highest BCUT2D eigenvalue weighted by atomic mass is 16.6. The molecule has 1 saturated heterocycles. The number of hydrazine groups is 1. The van der Waals surface area contributed by atoms with E-state index >= 15 is 0 Å². The van der Waals surface area contributed by atoms with Gasteiger partial charge in [-0.05, 0) is 48.4 Å². The molecule has 0 spiro atoms. The van der Waals surface area contributed by atoms with Gasteiger partial charge in [-0.2, -0.15) is 0 Å². The molecule has 1 heterocycles. The molecule has 9 nitrogen and oxygen atoms in total. The van der Waals surface area contributed by atoms with Gasteiger partial charge in [0.2, 0.25) is 11.8 Å². The standard InChI is InChI=1S/C32H38N5O4/c33-30(38)24-34-23-26-15-13-25(14-16-26)17-18-31(39)35-19-22-41-32(40)37(36-20-7-2-8-21-36)29-12-6-5-11-28(29)27-9-3-1-4-10-27/h1-6,9-16,34H,7-8,17-24H2,(H2,33,38)(H,35,39). The number of carbonyl (C=O) groups is 3. The van der Waals surface area contributed by atoms with Crippen molar-refractivity contribution >= 4 is 23.6 Å². The molecule has 4 rings (SSSR count). The summed E-state index contributed by atoms with van der Waals surface area (Å²) in [5, 5.41) is 9.49. The number of para-hydroxylation sites is 1. The van der Waals surface area contributed by atoms with Crippen molar-refractivity contribution in [2.45, 2.75) is 32.2 Å². The van der Waals surface area contributed by atoms with E-state index in [1.807, 2.05) is 83.9 Å². The summed E-state index contributed by atoms with van der Waals surface area (Å²) >= 11 is 0. The molecule has 0 aromatic heterocycles. The zero-order valence-electron chi connectivity index (χ0n) is 23.3. The molecule has 41 heavy (non-hydrogen) atoms. The monoisotopic (exact) mass is 556 g/mol. The van der Waals surface area contributed by atoms with E-state index in [0.29, 0.717) is 19.4 Å². The van der Waals surface area contributed by atoms with Crippen molar-refractivity contribution in [2.75, 3.05) is 37.8 Å². The second-order valence-corrected chi connectivity index (χ2v) is 9.87. The minimum absolute atomic E-state index is 0.0710. The first-order valence-corrected chi connectivity index (χ1v) is 14.0. The Morgan fingerprint density at radius 1 is 0.878 bits per heavy atom. The fourth-order valence-electron chi connectivity index (χ4n) is 4.71. The van der Waals surface area contributed by atoms with Crippen LogP contribution in [0.1, 0.15) is 30.4 Å². The maximum absolute atomic E-state index is 13.4. The predicted octanol–water partition coefficient (Wildman–Crippen LogP) is 3.84. The molecule has 3 aromatic rings. The summed E-state index contributed by atoms with van der Waals surface area (Å²) in [7, 11) is 0. The number of nitrogens with two attached hydrogens (primary N) is 1. The largest absolute Gasteiger partial charge is 0.446 e. The quantitative estimate of drug-likeness (QED) is 0.276. The minimum atomic E-state index is -0.463. The number of nitrogens with zero attached hydrogens (tertiary/aromatic N) is 2. The number of rotatable bonds is 13. The zero-order chi connectivity index (χ0) is 28.9. The summed E-state index contributed by atoms with van der Waals surface area (Å²) in [5.74, 6) is -0.500. The number of piperidine rings is 1. The molecule has 0 atom stereocenters. The third-order valence-corrected chi connectivity index (χ3v) is 6.80. The van der Waals surface area contributed by atoms with Crippen LogP contribution in [0, 0.1) is 6.42 Å². The summed E-state index contributed by atoms with van der Waals surface area (Å²) in [6.07, 6.45) is 4.47. The fraction of sp³-hybridized carbons (Fsp3) is 0.312. The van der Waals surface area contributed by atoms with Crippen LogP contribution in [0.4, 0.5) is 10.5 Å². The van der Waals surface area contributed by atoms with Crippen molar-refractivity contribution in [3.63, 3.8) is 0 Å². The lowest BCUT2D eigenvalue weighted by molar-refractivity contribution is -0.121. The molecule has 1 fully saturated rings. The van der Waals surface area contributed by atoms with Crippen LogP contribution < -0.4 is 21.4 Å². The van der Waals surface area contributed by atoms with Gasteiger partial charge in [0.05, 0.1) is 18.8 Å². The molecule has 1 aliphatic rings. The van der Waals surface area contributed by atoms with Crippen molar-refractivity contribution in [2.24, 2.45) is 5.73 Å². The maximum Gasteiger partial charge on any atom is 0.429 e. The van der Waals surface area contributed by atoms with Gasteiger partial charge in [-0.15, -0.1) is 0 Å². The van der Waals surface area contributed by atoms with Gasteiger partial charge in [-0.1, -0.05) is 72.8 Å². The Labute approximate surface area is 241 Å². The van der Waals surface area contributed by atoms with Gasteiger partial charge in [-0.3, -0.25) is 9.59 Å². The van der Waals surface area contributed by atoms with E-state index < -0.39 is 12.0 Å². The SMILES string of the molecule is NC(=O)CNCc1ccc(CCC(=O)NCCOC(=O)N(c2ccccc2-c2ccccc2)N2CC[CH]CC2)cc1. The highest BCUT2D eigenvalue weighted by Gasteiger charge is 2.28. The van der Waals surface area contributed by atoms with Gasteiger partial charge in [-0.25, -0.2) is 14.8 Å². The topological polar surface area (TPSA) is 117 Å². The number of aryl methyl sites for hydroxylation is 1. The number of primary amides is 1. The highest BCUT2D eigenvalue weighted by Crippen LogP contribution is 2.33. The summed E-state index contributed by atoms with van der Waals surface area (Å²) in [6.45, 7) is 2.43.